The Kier molecular flexibility index (Phi) is 5.06. The SMILES string of the molecule is CC(C)NC(=O)[C@@H](C)Sc1nnc(Cc2cccs2)n1C1CC1. The normalized spacial score (nSPS) is 15.8. The Morgan fingerprint density at radius 2 is 2.22 bits per heavy atom. The van der Waals surface area contributed by atoms with Crippen molar-refractivity contribution in [3.63, 3.8) is 0 Å². The molecule has 23 heavy (non-hydrogen) atoms. The molecule has 0 saturated heterocycles. The smallest absolute Gasteiger partial charge is 0.233 e. The highest BCUT2D eigenvalue weighted by Gasteiger charge is 2.31. The van der Waals surface area contributed by atoms with Crippen LogP contribution in [0.15, 0.2) is 22.7 Å². The minimum absolute atomic E-state index is 0.0511. The molecule has 2 aromatic heterocycles. The number of aromatic nitrogens is 3. The number of thioether (sulfide) groups is 1. The first-order valence-corrected chi connectivity index (χ1v) is 9.73. The van der Waals surface area contributed by atoms with Gasteiger partial charge in [0.25, 0.3) is 0 Å². The zero-order chi connectivity index (χ0) is 16.4. The van der Waals surface area contributed by atoms with E-state index in [-0.39, 0.29) is 17.2 Å². The van der Waals surface area contributed by atoms with E-state index < -0.39 is 0 Å². The second-order valence-corrected chi connectivity index (χ2v) is 8.52. The van der Waals surface area contributed by atoms with Gasteiger partial charge in [-0.15, -0.1) is 21.5 Å². The fourth-order valence-electron chi connectivity index (χ4n) is 2.39. The Balaban J connectivity index is 1.74. The van der Waals surface area contributed by atoms with E-state index in [9.17, 15) is 4.79 Å². The number of rotatable bonds is 7. The molecule has 1 aliphatic rings. The molecule has 0 radical (unpaired) electrons. The van der Waals surface area contributed by atoms with Crippen LogP contribution >= 0.6 is 23.1 Å². The highest BCUT2D eigenvalue weighted by atomic mass is 32.2. The lowest BCUT2D eigenvalue weighted by molar-refractivity contribution is -0.120. The van der Waals surface area contributed by atoms with Gasteiger partial charge in [-0.3, -0.25) is 4.79 Å². The van der Waals surface area contributed by atoms with Crippen LogP contribution in [0, 0.1) is 0 Å². The Morgan fingerprint density at radius 3 is 2.83 bits per heavy atom. The Labute approximate surface area is 144 Å². The van der Waals surface area contributed by atoms with Crippen molar-refractivity contribution in [3.8, 4) is 0 Å². The van der Waals surface area contributed by atoms with E-state index >= 15 is 0 Å². The van der Waals surface area contributed by atoms with E-state index in [0.29, 0.717) is 6.04 Å². The van der Waals surface area contributed by atoms with Crippen molar-refractivity contribution in [2.75, 3.05) is 0 Å². The third-order valence-electron chi connectivity index (χ3n) is 3.64. The Bertz CT molecular complexity index is 662. The summed E-state index contributed by atoms with van der Waals surface area (Å²) in [5.41, 5.74) is 0. The Hall–Kier alpha value is -1.34. The quantitative estimate of drug-likeness (QED) is 0.779. The summed E-state index contributed by atoms with van der Waals surface area (Å²) in [5.74, 6) is 1.06. The van der Waals surface area contributed by atoms with Crippen molar-refractivity contribution in [1.29, 1.82) is 0 Å². The summed E-state index contributed by atoms with van der Waals surface area (Å²) in [6.07, 6.45) is 3.17. The van der Waals surface area contributed by atoms with Gasteiger partial charge in [0.2, 0.25) is 5.91 Å². The molecule has 0 bridgehead atoms. The molecular weight excluding hydrogens is 328 g/mol. The van der Waals surface area contributed by atoms with E-state index in [1.54, 1.807) is 11.3 Å². The van der Waals surface area contributed by atoms with Gasteiger partial charge in [0.15, 0.2) is 5.16 Å². The predicted molar refractivity (Wildman–Crippen MR) is 94.0 cm³/mol. The van der Waals surface area contributed by atoms with Gasteiger partial charge in [-0.2, -0.15) is 0 Å². The number of carbonyl (C=O) groups excluding carboxylic acids is 1. The first-order valence-electron chi connectivity index (χ1n) is 7.97. The van der Waals surface area contributed by atoms with Crippen LogP contribution in [0.5, 0.6) is 0 Å². The Morgan fingerprint density at radius 1 is 1.43 bits per heavy atom. The zero-order valence-electron chi connectivity index (χ0n) is 13.7. The van der Waals surface area contributed by atoms with Crippen LogP contribution in [0.25, 0.3) is 0 Å². The molecule has 1 fully saturated rings. The lowest BCUT2D eigenvalue weighted by Crippen LogP contribution is -2.36. The van der Waals surface area contributed by atoms with Crippen LogP contribution in [0.4, 0.5) is 0 Å². The highest BCUT2D eigenvalue weighted by Crippen LogP contribution is 2.40. The molecule has 1 aliphatic carbocycles. The number of thiophene rings is 1. The monoisotopic (exact) mass is 350 g/mol. The summed E-state index contributed by atoms with van der Waals surface area (Å²) in [6, 6.07) is 4.84. The molecule has 1 N–H and O–H groups in total. The highest BCUT2D eigenvalue weighted by molar-refractivity contribution is 8.00. The average molecular weight is 351 g/mol. The molecule has 3 rings (SSSR count). The van der Waals surface area contributed by atoms with Crippen molar-refractivity contribution < 1.29 is 4.79 Å². The summed E-state index contributed by atoms with van der Waals surface area (Å²) in [4.78, 5) is 13.4. The lowest BCUT2D eigenvalue weighted by atomic mass is 10.3. The van der Waals surface area contributed by atoms with E-state index in [0.717, 1.165) is 17.4 Å². The van der Waals surface area contributed by atoms with Gasteiger partial charge in [0.1, 0.15) is 5.82 Å². The van der Waals surface area contributed by atoms with Crippen LogP contribution in [-0.2, 0) is 11.2 Å². The summed E-state index contributed by atoms with van der Waals surface area (Å²) in [5, 5.41) is 14.5. The molecule has 5 nitrogen and oxygen atoms in total. The van der Waals surface area contributed by atoms with Crippen molar-refractivity contribution in [1.82, 2.24) is 20.1 Å². The molecule has 2 aromatic rings. The fraction of sp³-hybridized carbons (Fsp3) is 0.562. The summed E-state index contributed by atoms with van der Waals surface area (Å²) < 4.78 is 2.24. The van der Waals surface area contributed by atoms with Gasteiger partial charge in [-0.05, 0) is 45.1 Å². The minimum atomic E-state index is -0.173. The second-order valence-electron chi connectivity index (χ2n) is 6.18. The lowest BCUT2D eigenvalue weighted by Gasteiger charge is -2.14. The number of amides is 1. The zero-order valence-corrected chi connectivity index (χ0v) is 15.3. The van der Waals surface area contributed by atoms with Crippen molar-refractivity contribution in [3.05, 3.63) is 28.2 Å². The number of hydrogen-bond acceptors (Lipinski definition) is 5. The van der Waals surface area contributed by atoms with Crippen LogP contribution in [0.3, 0.4) is 0 Å². The van der Waals surface area contributed by atoms with Gasteiger partial charge in [0.05, 0.1) is 5.25 Å². The molecule has 2 heterocycles. The molecular formula is C16H22N4OS2. The topological polar surface area (TPSA) is 59.8 Å². The first kappa shape index (κ1) is 16.5. The van der Waals surface area contributed by atoms with Gasteiger partial charge in [0, 0.05) is 23.4 Å². The molecule has 0 unspecified atom stereocenters. The molecule has 1 amide bonds. The maximum absolute atomic E-state index is 12.1. The third kappa shape index (κ3) is 4.14. The summed E-state index contributed by atoms with van der Waals surface area (Å²) >= 11 is 3.24. The van der Waals surface area contributed by atoms with Crippen LogP contribution < -0.4 is 5.32 Å². The maximum Gasteiger partial charge on any atom is 0.233 e. The molecule has 124 valence electrons. The first-order chi connectivity index (χ1) is 11.0. The van der Waals surface area contributed by atoms with Crippen LogP contribution in [0.1, 0.15) is 50.4 Å². The van der Waals surface area contributed by atoms with E-state index in [2.05, 4.69) is 37.6 Å². The number of carbonyl (C=O) groups is 1. The summed E-state index contributed by atoms with van der Waals surface area (Å²) in [6.45, 7) is 5.87. The molecule has 1 atom stereocenters. The summed E-state index contributed by atoms with van der Waals surface area (Å²) in [7, 11) is 0. The molecule has 1 saturated carbocycles. The molecule has 0 aromatic carbocycles. The molecule has 0 aliphatic heterocycles. The van der Waals surface area contributed by atoms with Gasteiger partial charge in [-0.25, -0.2) is 0 Å². The average Bonchev–Trinajstić information content (AvgIpc) is 3.04. The number of nitrogens with one attached hydrogen (secondary N) is 1. The fourth-order valence-corrected chi connectivity index (χ4v) is 4.04. The second kappa shape index (κ2) is 7.05. The number of nitrogens with zero attached hydrogens (tertiary/aromatic N) is 3. The third-order valence-corrected chi connectivity index (χ3v) is 5.58. The van der Waals surface area contributed by atoms with Crippen molar-refractivity contribution in [2.24, 2.45) is 0 Å². The van der Waals surface area contributed by atoms with Gasteiger partial charge in [-0.1, -0.05) is 17.8 Å². The molecule has 0 spiro atoms. The van der Waals surface area contributed by atoms with E-state index in [1.807, 2.05) is 20.8 Å². The predicted octanol–water partition coefficient (Wildman–Crippen LogP) is 3.27. The van der Waals surface area contributed by atoms with Crippen LogP contribution in [-0.4, -0.2) is 32.0 Å². The number of hydrogen-bond donors (Lipinski definition) is 1. The van der Waals surface area contributed by atoms with Gasteiger partial charge >= 0.3 is 0 Å². The van der Waals surface area contributed by atoms with Gasteiger partial charge < -0.3 is 9.88 Å². The largest absolute Gasteiger partial charge is 0.353 e. The maximum atomic E-state index is 12.1. The van der Waals surface area contributed by atoms with E-state index in [4.69, 9.17) is 0 Å². The standard InChI is InChI=1S/C16H22N4OS2/c1-10(2)17-15(21)11(3)23-16-19-18-14(20(16)12-6-7-12)9-13-5-4-8-22-13/h4-5,8,10-12H,6-7,9H2,1-3H3,(H,17,21)/t11-/m1/s1. The van der Waals surface area contributed by atoms with Crippen molar-refractivity contribution in [2.45, 2.75) is 62.5 Å². The minimum Gasteiger partial charge on any atom is -0.353 e. The van der Waals surface area contributed by atoms with Crippen molar-refractivity contribution >= 4 is 29.0 Å². The van der Waals surface area contributed by atoms with E-state index in [1.165, 1.54) is 29.5 Å². The van der Waals surface area contributed by atoms with Crippen LogP contribution in [0.2, 0.25) is 0 Å². The molecule has 7 heteroatoms.